The predicted octanol–water partition coefficient (Wildman–Crippen LogP) is 0.0424. The van der Waals surface area contributed by atoms with Gasteiger partial charge in [0.1, 0.15) is 18.0 Å². The van der Waals surface area contributed by atoms with Crippen molar-refractivity contribution in [1.82, 2.24) is 20.4 Å². The van der Waals surface area contributed by atoms with Gasteiger partial charge in [0.25, 0.3) is 11.8 Å². The lowest BCUT2D eigenvalue weighted by molar-refractivity contribution is -0.144. The van der Waals surface area contributed by atoms with Crippen molar-refractivity contribution in [3.63, 3.8) is 0 Å². The van der Waals surface area contributed by atoms with Gasteiger partial charge in [-0.15, -0.1) is 11.8 Å². The van der Waals surface area contributed by atoms with Crippen LogP contribution in [0.15, 0.2) is 0 Å². The van der Waals surface area contributed by atoms with Crippen molar-refractivity contribution in [1.29, 1.82) is 0 Å². The molecule has 2 N–H and O–H groups in total. The number of likely N-dealkylation sites (tertiary alicyclic amines) is 2. The average Bonchev–Trinajstić information content (AvgIpc) is 3.35. The number of ketones is 1. The number of likely N-dealkylation sites (N-methyl/N-ethyl adjacent to an activating group) is 1. The number of imide groups is 2. The first-order valence-corrected chi connectivity index (χ1v) is 15.0. The summed E-state index contributed by atoms with van der Waals surface area (Å²) in [6, 6.07) is -0.257. The van der Waals surface area contributed by atoms with Gasteiger partial charge in [-0.1, -0.05) is 13.8 Å². The number of carbonyl (C=O) groups excluding carboxylic acids is 7. The van der Waals surface area contributed by atoms with Crippen LogP contribution in [0.4, 0.5) is 0 Å². The van der Waals surface area contributed by atoms with Crippen molar-refractivity contribution in [3.8, 4) is 0 Å². The lowest BCUT2D eigenvalue weighted by atomic mass is 10.1. The Morgan fingerprint density at radius 1 is 0.902 bits per heavy atom. The summed E-state index contributed by atoms with van der Waals surface area (Å²) < 4.78 is 11.0. The van der Waals surface area contributed by atoms with Crippen molar-refractivity contribution >= 4 is 53.0 Å². The van der Waals surface area contributed by atoms with E-state index in [0.29, 0.717) is 5.75 Å². The quantitative estimate of drug-likeness (QED) is 0.162. The van der Waals surface area contributed by atoms with Crippen molar-refractivity contribution in [2.75, 3.05) is 38.6 Å². The van der Waals surface area contributed by atoms with Gasteiger partial charge in [-0.3, -0.25) is 43.4 Å². The number of hydrogen-bond acceptors (Lipinski definition) is 10. The molecular weight excluding hydrogens is 556 g/mol. The average molecular weight is 599 g/mol. The molecule has 2 rings (SSSR count). The first-order chi connectivity index (χ1) is 19.4. The second-order valence-electron chi connectivity index (χ2n) is 10.4. The molecule has 0 bridgehead atoms. The molecule has 2 saturated heterocycles. The summed E-state index contributed by atoms with van der Waals surface area (Å²) in [5.74, 6) is -1.93. The molecule has 0 aromatic carbocycles. The number of ether oxygens (including phenoxy) is 2. The Balaban J connectivity index is 1.80. The van der Waals surface area contributed by atoms with Gasteiger partial charge in [-0.2, -0.15) is 0 Å². The fourth-order valence-electron chi connectivity index (χ4n) is 4.35. The fourth-order valence-corrected chi connectivity index (χ4v) is 5.46. The number of thioether (sulfide) groups is 1. The summed E-state index contributed by atoms with van der Waals surface area (Å²) in [7, 11) is 0. The summed E-state index contributed by atoms with van der Waals surface area (Å²) in [6.07, 6.45) is -1.71. The standard InChI is InChI=1S/C27H42N4O9S/c1-6-30-23(34)13-19(26(30)37)39-11-9-29-25(36)21(41-12-7-18(32)16(2)3)15-22(33)28-8-10-40-20-14-24(35)31(17(4)5)27(20)38/h16-17,19-21H,6-15H2,1-5H3,(H,28,33)(H,29,36). The van der Waals surface area contributed by atoms with Gasteiger partial charge >= 0.3 is 0 Å². The first-order valence-electron chi connectivity index (χ1n) is 14.0. The largest absolute Gasteiger partial charge is 0.366 e. The maximum absolute atomic E-state index is 12.9. The van der Waals surface area contributed by atoms with Crippen LogP contribution in [0.2, 0.25) is 0 Å². The van der Waals surface area contributed by atoms with Crippen LogP contribution in [0.1, 0.15) is 60.3 Å². The summed E-state index contributed by atoms with van der Waals surface area (Å²) >= 11 is 1.20. The maximum Gasteiger partial charge on any atom is 0.259 e. The molecule has 13 nitrogen and oxygen atoms in total. The van der Waals surface area contributed by atoms with Gasteiger partial charge in [-0.25, -0.2) is 0 Å². The second-order valence-corrected chi connectivity index (χ2v) is 11.7. The third-order valence-corrected chi connectivity index (χ3v) is 7.84. The Labute approximate surface area is 244 Å². The Hall–Kier alpha value is -2.84. The van der Waals surface area contributed by atoms with Crippen LogP contribution in [0, 0.1) is 5.92 Å². The van der Waals surface area contributed by atoms with Gasteiger partial charge in [0.2, 0.25) is 23.6 Å². The zero-order valence-electron chi connectivity index (χ0n) is 24.4. The van der Waals surface area contributed by atoms with Crippen LogP contribution in [0.5, 0.6) is 0 Å². The molecule has 2 aliphatic heterocycles. The second kappa shape index (κ2) is 16.6. The number of Topliss-reactive ketones (excluding diaryl/α,β-unsaturated/α-hetero) is 1. The minimum absolute atomic E-state index is 0.0103. The van der Waals surface area contributed by atoms with Crippen molar-refractivity contribution in [3.05, 3.63) is 0 Å². The van der Waals surface area contributed by atoms with Gasteiger partial charge in [0.05, 0.1) is 31.3 Å². The zero-order chi connectivity index (χ0) is 30.7. The molecule has 0 aliphatic carbocycles. The predicted molar refractivity (Wildman–Crippen MR) is 149 cm³/mol. The number of nitrogens with zero attached hydrogens (tertiary/aromatic N) is 2. The molecule has 0 aromatic heterocycles. The van der Waals surface area contributed by atoms with E-state index in [2.05, 4.69) is 10.6 Å². The van der Waals surface area contributed by atoms with Crippen molar-refractivity contribution in [2.45, 2.75) is 83.8 Å². The van der Waals surface area contributed by atoms with Crippen molar-refractivity contribution in [2.24, 2.45) is 5.92 Å². The molecule has 0 radical (unpaired) electrons. The number of carbonyl (C=O) groups is 7. The van der Waals surface area contributed by atoms with Crippen LogP contribution in [-0.4, -0.2) is 113 Å². The molecule has 0 saturated carbocycles. The zero-order valence-corrected chi connectivity index (χ0v) is 25.3. The van der Waals surface area contributed by atoms with Gasteiger partial charge in [0, 0.05) is 50.2 Å². The summed E-state index contributed by atoms with van der Waals surface area (Å²) in [4.78, 5) is 88.1. The highest BCUT2D eigenvalue weighted by Gasteiger charge is 2.40. The molecule has 2 heterocycles. The molecule has 0 spiro atoms. The van der Waals surface area contributed by atoms with E-state index in [-0.39, 0.29) is 88.1 Å². The first kappa shape index (κ1) is 34.4. The highest BCUT2D eigenvalue weighted by atomic mass is 32.2. The van der Waals surface area contributed by atoms with Crippen LogP contribution < -0.4 is 10.6 Å². The van der Waals surface area contributed by atoms with E-state index in [0.717, 1.165) is 4.90 Å². The van der Waals surface area contributed by atoms with E-state index in [1.54, 1.807) is 34.6 Å². The Morgan fingerprint density at radius 3 is 2.02 bits per heavy atom. The Morgan fingerprint density at radius 2 is 1.49 bits per heavy atom. The van der Waals surface area contributed by atoms with Crippen LogP contribution in [-0.2, 0) is 43.0 Å². The molecule has 2 fully saturated rings. The lowest BCUT2D eigenvalue weighted by Crippen LogP contribution is -2.40. The molecular formula is C27H42N4O9S. The van der Waals surface area contributed by atoms with Gasteiger partial charge in [-0.05, 0) is 20.8 Å². The van der Waals surface area contributed by atoms with Crippen molar-refractivity contribution < 1.29 is 43.0 Å². The topological polar surface area (TPSA) is 168 Å². The Kier molecular flexibility index (Phi) is 13.9. The van der Waals surface area contributed by atoms with E-state index >= 15 is 0 Å². The van der Waals surface area contributed by atoms with Gasteiger partial charge in [0.15, 0.2) is 0 Å². The van der Waals surface area contributed by atoms with Crippen LogP contribution in [0.3, 0.4) is 0 Å². The molecule has 2 aliphatic rings. The molecule has 3 atom stereocenters. The molecule has 41 heavy (non-hydrogen) atoms. The maximum atomic E-state index is 12.9. The molecule has 230 valence electrons. The normalized spacial score (nSPS) is 20.0. The lowest BCUT2D eigenvalue weighted by Gasteiger charge is -2.19. The van der Waals surface area contributed by atoms with Crippen LogP contribution >= 0.6 is 11.8 Å². The highest BCUT2D eigenvalue weighted by molar-refractivity contribution is 8.00. The SMILES string of the molecule is CCN1C(=O)CC(OCCNC(=O)C(CC(=O)NCCOC2CC(=O)N(C(C)C)C2=O)SCCC(=O)C(C)C)C1=O. The molecule has 6 amide bonds. The third-order valence-electron chi connectivity index (χ3n) is 6.62. The smallest absolute Gasteiger partial charge is 0.259 e. The van der Waals surface area contributed by atoms with Gasteiger partial charge < -0.3 is 20.1 Å². The summed E-state index contributed by atoms with van der Waals surface area (Å²) in [5.41, 5.74) is 0. The third kappa shape index (κ3) is 10.2. The number of rotatable bonds is 18. The summed E-state index contributed by atoms with van der Waals surface area (Å²) in [6.45, 7) is 9.24. The summed E-state index contributed by atoms with van der Waals surface area (Å²) in [5, 5.41) is 4.57. The van der Waals surface area contributed by atoms with E-state index in [9.17, 15) is 33.6 Å². The van der Waals surface area contributed by atoms with E-state index in [4.69, 9.17) is 9.47 Å². The fraction of sp³-hybridized carbons (Fsp3) is 0.741. The van der Waals surface area contributed by atoms with Crippen LogP contribution in [0.25, 0.3) is 0 Å². The highest BCUT2D eigenvalue weighted by Crippen LogP contribution is 2.20. The van der Waals surface area contributed by atoms with E-state index in [1.165, 1.54) is 16.7 Å². The molecule has 0 aromatic rings. The number of amides is 6. The van der Waals surface area contributed by atoms with E-state index < -0.39 is 41.1 Å². The molecule has 3 unspecified atom stereocenters. The number of nitrogens with one attached hydrogen (secondary N) is 2. The van der Waals surface area contributed by atoms with E-state index in [1.807, 2.05) is 0 Å². The number of hydrogen-bond donors (Lipinski definition) is 2. The minimum Gasteiger partial charge on any atom is -0.366 e. The minimum atomic E-state index is -0.876. The Bertz CT molecular complexity index is 1000. The molecule has 14 heteroatoms. The monoisotopic (exact) mass is 598 g/mol.